The van der Waals surface area contributed by atoms with Gasteiger partial charge in [0.15, 0.2) is 6.29 Å². The molecule has 3 atom stereocenters. The van der Waals surface area contributed by atoms with Gasteiger partial charge in [0.2, 0.25) is 0 Å². The fourth-order valence-corrected chi connectivity index (χ4v) is 5.82. The largest absolute Gasteiger partial charge is 0.444 e. The number of ether oxygens (including phenoxy) is 4. The van der Waals surface area contributed by atoms with E-state index in [2.05, 4.69) is 31.9 Å². The van der Waals surface area contributed by atoms with Gasteiger partial charge in [-0.2, -0.15) is 0 Å². The zero-order valence-corrected chi connectivity index (χ0v) is 19.3. The van der Waals surface area contributed by atoms with Crippen LogP contribution in [0.1, 0.15) is 47.5 Å². The van der Waals surface area contributed by atoms with Gasteiger partial charge in [-0.05, 0) is 47.0 Å². The zero-order valence-electron chi connectivity index (χ0n) is 16.1. The molecule has 2 heterocycles. The first-order chi connectivity index (χ1) is 11.9. The van der Waals surface area contributed by atoms with Gasteiger partial charge in [-0.15, -0.1) is 0 Å². The Kier molecular flexibility index (Phi) is 5.75. The Labute approximate surface area is 172 Å². The van der Waals surface area contributed by atoms with Crippen LogP contribution in [0.2, 0.25) is 0 Å². The third kappa shape index (κ3) is 4.24. The number of rotatable bonds is 3. The van der Waals surface area contributed by atoms with E-state index < -0.39 is 11.3 Å². The number of nitrogens with zero attached hydrogens (tertiary/aromatic N) is 1. The Morgan fingerprint density at radius 1 is 1.23 bits per heavy atom. The molecule has 1 aliphatic carbocycles. The highest BCUT2D eigenvalue weighted by Gasteiger charge is 2.69. The number of hydrogen-bond donors (Lipinski definition) is 0. The van der Waals surface area contributed by atoms with Crippen molar-refractivity contribution in [1.82, 2.24) is 4.90 Å². The lowest BCUT2D eigenvalue weighted by molar-refractivity contribution is -0.183. The predicted octanol–water partition coefficient (Wildman–Crippen LogP) is 4.24. The molecule has 0 aromatic rings. The number of alkyl halides is 2. The molecule has 2 saturated heterocycles. The quantitative estimate of drug-likeness (QED) is 0.544. The van der Waals surface area contributed by atoms with E-state index >= 15 is 0 Å². The van der Waals surface area contributed by atoms with Crippen LogP contribution in [0, 0.1) is 11.8 Å². The van der Waals surface area contributed by atoms with E-state index in [4.69, 9.17) is 18.9 Å². The third-order valence-electron chi connectivity index (χ3n) is 5.13. The summed E-state index contributed by atoms with van der Waals surface area (Å²) in [5.41, 5.74) is -1.25. The Morgan fingerprint density at radius 3 is 2.42 bits per heavy atom. The Morgan fingerprint density at radius 2 is 1.85 bits per heavy atom. The van der Waals surface area contributed by atoms with E-state index in [1.54, 1.807) is 4.90 Å². The number of carbonyl (C=O) groups excluding carboxylic acids is 1. The van der Waals surface area contributed by atoms with Crippen LogP contribution in [-0.4, -0.2) is 57.7 Å². The first-order valence-electron chi connectivity index (χ1n) is 9.21. The van der Waals surface area contributed by atoms with Gasteiger partial charge < -0.3 is 18.9 Å². The summed E-state index contributed by atoms with van der Waals surface area (Å²) in [7, 11) is 0. The molecule has 0 bridgehead atoms. The van der Waals surface area contributed by atoms with Crippen LogP contribution in [-0.2, 0) is 18.9 Å². The molecule has 0 radical (unpaired) electrons. The van der Waals surface area contributed by atoms with E-state index in [-0.39, 0.29) is 33.5 Å². The number of halogens is 2. The van der Waals surface area contributed by atoms with Gasteiger partial charge in [0.1, 0.15) is 11.3 Å². The van der Waals surface area contributed by atoms with Gasteiger partial charge in [-0.25, -0.2) is 4.79 Å². The molecule has 1 saturated carbocycles. The first-order valence-corrected chi connectivity index (χ1v) is 10.8. The normalized spacial score (nSPS) is 34.0. The number of amides is 1. The maximum atomic E-state index is 12.9. The summed E-state index contributed by atoms with van der Waals surface area (Å²) in [4.78, 5) is 14.6. The molecule has 3 fully saturated rings. The monoisotopic (exact) mass is 497 g/mol. The minimum absolute atomic E-state index is 0.0767. The molecule has 0 N–H and O–H groups in total. The molecule has 26 heavy (non-hydrogen) atoms. The number of carbonyl (C=O) groups is 1. The van der Waals surface area contributed by atoms with E-state index in [1.807, 2.05) is 34.6 Å². The van der Waals surface area contributed by atoms with E-state index in [1.165, 1.54) is 0 Å². The highest BCUT2D eigenvalue weighted by atomic mass is 79.9. The molecule has 3 rings (SSSR count). The molecule has 1 amide bonds. The van der Waals surface area contributed by atoms with Crippen LogP contribution in [0.5, 0.6) is 0 Å². The van der Waals surface area contributed by atoms with Crippen LogP contribution < -0.4 is 0 Å². The van der Waals surface area contributed by atoms with Gasteiger partial charge in [-0.3, -0.25) is 4.90 Å². The van der Waals surface area contributed by atoms with E-state index in [0.717, 1.165) is 26.1 Å². The molecular weight excluding hydrogens is 470 g/mol. The third-order valence-corrected chi connectivity index (χ3v) is 7.36. The molecule has 0 aromatic carbocycles. The summed E-state index contributed by atoms with van der Waals surface area (Å²) >= 11 is 7.61. The number of hydrogen-bond acceptors (Lipinski definition) is 5. The van der Waals surface area contributed by atoms with E-state index in [9.17, 15) is 4.79 Å². The maximum absolute atomic E-state index is 12.9. The van der Waals surface area contributed by atoms with E-state index in [0.29, 0.717) is 6.61 Å². The molecule has 3 aliphatic rings. The van der Waals surface area contributed by atoms with Crippen molar-refractivity contribution in [3.63, 3.8) is 0 Å². The summed E-state index contributed by atoms with van der Waals surface area (Å²) in [5, 5.41) is 0. The summed E-state index contributed by atoms with van der Waals surface area (Å²) in [6, 6.07) is -0.0767. The summed E-state index contributed by atoms with van der Waals surface area (Å²) in [6.07, 6.45) is 1.20. The second-order valence-corrected chi connectivity index (χ2v) is 12.4. The van der Waals surface area contributed by atoms with Crippen molar-refractivity contribution in [1.29, 1.82) is 0 Å². The van der Waals surface area contributed by atoms with Crippen LogP contribution in [0.25, 0.3) is 0 Å². The smallest absolute Gasteiger partial charge is 0.412 e. The van der Waals surface area contributed by atoms with Gasteiger partial charge in [0.05, 0.1) is 29.1 Å². The Hall–Kier alpha value is 0.110. The average molecular weight is 499 g/mol. The molecule has 150 valence electrons. The summed E-state index contributed by atoms with van der Waals surface area (Å²) in [6.45, 7) is 11.4. The molecule has 6 nitrogen and oxygen atoms in total. The van der Waals surface area contributed by atoms with Crippen molar-refractivity contribution >= 4 is 38.0 Å². The lowest BCUT2D eigenvalue weighted by Crippen LogP contribution is -2.51. The van der Waals surface area contributed by atoms with Crippen LogP contribution in [0.15, 0.2) is 0 Å². The molecular formula is C18H29Br2NO5. The molecule has 2 aliphatic heterocycles. The molecule has 0 unspecified atom stereocenters. The van der Waals surface area contributed by atoms with Gasteiger partial charge in [0.25, 0.3) is 0 Å². The van der Waals surface area contributed by atoms with Gasteiger partial charge in [0, 0.05) is 12.3 Å². The maximum Gasteiger partial charge on any atom is 0.412 e. The molecule has 8 heteroatoms. The topological polar surface area (TPSA) is 57.2 Å². The van der Waals surface area contributed by atoms with Gasteiger partial charge >= 0.3 is 6.09 Å². The van der Waals surface area contributed by atoms with Crippen LogP contribution in [0.4, 0.5) is 4.79 Å². The fourth-order valence-electron chi connectivity index (χ4n) is 3.89. The summed E-state index contributed by atoms with van der Waals surface area (Å²) in [5.74, 6) is 0.462. The van der Waals surface area contributed by atoms with Crippen molar-refractivity contribution in [2.24, 2.45) is 11.8 Å². The van der Waals surface area contributed by atoms with Crippen molar-refractivity contribution in [3.8, 4) is 0 Å². The second kappa shape index (κ2) is 7.17. The molecule has 0 spiro atoms. The van der Waals surface area contributed by atoms with Crippen molar-refractivity contribution in [2.75, 3.05) is 19.8 Å². The fraction of sp³-hybridized carbons (Fsp3) is 0.944. The van der Waals surface area contributed by atoms with Crippen LogP contribution in [0.3, 0.4) is 0 Å². The second-order valence-electron chi connectivity index (χ2n) is 8.74. The first kappa shape index (κ1) is 20.8. The predicted molar refractivity (Wildman–Crippen MR) is 104 cm³/mol. The highest BCUT2D eigenvalue weighted by Crippen LogP contribution is 2.67. The zero-order chi connectivity index (χ0) is 19.3. The highest BCUT2D eigenvalue weighted by molar-refractivity contribution is 9.25. The minimum Gasteiger partial charge on any atom is -0.444 e. The lowest BCUT2D eigenvalue weighted by atomic mass is 10.1. The van der Waals surface area contributed by atoms with Crippen LogP contribution >= 0.6 is 31.9 Å². The lowest BCUT2D eigenvalue weighted by Gasteiger charge is -2.35. The van der Waals surface area contributed by atoms with Crippen molar-refractivity contribution < 1.29 is 23.7 Å². The van der Waals surface area contributed by atoms with Gasteiger partial charge in [-0.1, -0.05) is 31.9 Å². The van der Waals surface area contributed by atoms with Crippen molar-refractivity contribution in [2.45, 2.75) is 74.4 Å². The SMILES string of the molecule is CC(C)(C)OC(=O)N1[C@@H]([C@H]2[C@H](CC3OCCCO3)C2(Br)Br)COC1(C)C. The Balaban J connectivity index is 1.72. The van der Waals surface area contributed by atoms with Crippen molar-refractivity contribution in [3.05, 3.63) is 0 Å². The molecule has 0 aromatic heterocycles. The minimum atomic E-state index is -0.700. The Bertz CT molecular complexity index is 542. The summed E-state index contributed by atoms with van der Waals surface area (Å²) < 4.78 is 22.8. The average Bonchev–Trinajstić information content (AvgIpc) is 2.86. The standard InChI is InChI=1S/C18H29Br2NO5/c1-16(2,3)26-15(22)21-12(10-25-17(21,4)5)14-11(18(14,19)20)9-13-23-7-6-8-24-13/h11-14H,6-10H2,1-5H3/t11-,12+,14+/m0/s1.